The molecule has 3 nitrogen and oxygen atoms in total. The average molecular weight is 225 g/mol. The zero-order valence-corrected chi connectivity index (χ0v) is 9.63. The molecule has 2 aromatic rings. The van der Waals surface area contributed by atoms with Crippen molar-refractivity contribution in [3.8, 4) is 0 Å². The van der Waals surface area contributed by atoms with Crippen molar-refractivity contribution in [2.45, 2.75) is 25.3 Å². The van der Waals surface area contributed by atoms with Gasteiger partial charge in [0.05, 0.1) is 6.20 Å². The van der Waals surface area contributed by atoms with Crippen LogP contribution in [0.25, 0.3) is 0 Å². The summed E-state index contributed by atoms with van der Waals surface area (Å²) in [5.74, 6) is 0.872. The van der Waals surface area contributed by atoms with Crippen LogP contribution in [-0.2, 0) is 12.8 Å². The lowest BCUT2D eigenvalue weighted by molar-refractivity contribution is 0.608. The second-order valence-corrected chi connectivity index (χ2v) is 4.44. The molecular formula is C14H15N3. The lowest BCUT2D eigenvalue weighted by Gasteiger charge is -2.25. The summed E-state index contributed by atoms with van der Waals surface area (Å²) in [6.07, 6.45) is 8.58. The lowest BCUT2D eigenvalue weighted by Crippen LogP contribution is -2.27. The van der Waals surface area contributed by atoms with Crippen molar-refractivity contribution < 1.29 is 0 Å². The summed E-state index contributed by atoms with van der Waals surface area (Å²) < 4.78 is 0. The van der Waals surface area contributed by atoms with E-state index in [0.717, 1.165) is 25.1 Å². The number of hydrogen-bond acceptors (Lipinski definition) is 3. The highest BCUT2D eigenvalue weighted by Crippen LogP contribution is 2.22. The Bertz CT molecular complexity index is 496. The van der Waals surface area contributed by atoms with E-state index in [1.165, 1.54) is 11.1 Å². The SMILES string of the molecule is c1ccc2c(c1)CCC(Nc1cnccn1)C2. The molecule has 17 heavy (non-hydrogen) atoms. The van der Waals surface area contributed by atoms with Crippen LogP contribution in [-0.4, -0.2) is 16.0 Å². The highest BCUT2D eigenvalue weighted by atomic mass is 15.0. The second kappa shape index (κ2) is 4.53. The summed E-state index contributed by atoms with van der Waals surface area (Å²) >= 11 is 0. The molecule has 0 saturated heterocycles. The van der Waals surface area contributed by atoms with Crippen LogP contribution in [0, 0.1) is 0 Å². The molecule has 1 heterocycles. The molecule has 0 spiro atoms. The maximum absolute atomic E-state index is 4.26. The molecule has 3 rings (SSSR count). The van der Waals surface area contributed by atoms with Crippen molar-refractivity contribution in [1.82, 2.24) is 9.97 Å². The van der Waals surface area contributed by atoms with E-state index in [2.05, 4.69) is 39.6 Å². The molecule has 0 fully saturated rings. The van der Waals surface area contributed by atoms with Crippen molar-refractivity contribution in [2.75, 3.05) is 5.32 Å². The Kier molecular flexibility index (Phi) is 2.74. The summed E-state index contributed by atoms with van der Waals surface area (Å²) in [7, 11) is 0. The predicted octanol–water partition coefficient (Wildman–Crippen LogP) is 2.45. The van der Waals surface area contributed by atoms with Gasteiger partial charge in [-0.1, -0.05) is 24.3 Å². The third kappa shape index (κ3) is 2.28. The molecule has 1 aromatic heterocycles. The molecule has 3 heteroatoms. The van der Waals surface area contributed by atoms with Crippen LogP contribution in [0.15, 0.2) is 42.9 Å². The van der Waals surface area contributed by atoms with Gasteiger partial charge in [0.2, 0.25) is 0 Å². The van der Waals surface area contributed by atoms with E-state index in [4.69, 9.17) is 0 Å². The summed E-state index contributed by atoms with van der Waals surface area (Å²) in [5, 5.41) is 3.45. The van der Waals surface area contributed by atoms with E-state index in [1.54, 1.807) is 18.6 Å². The highest BCUT2D eigenvalue weighted by Gasteiger charge is 2.17. The van der Waals surface area contributed by atoms with Gasteiger partial charge in [0, 0.05) is 18.4 Å². The van der Waals surface area contributed by atoms with Crippen molar-refractivity contribution in [1.29, 1.82) is 0 Å². The number of fused-ring (bicyclic) bond motifs is 1. The maximum Gasteiger partial charge on any atom is 0.144 e. The molecule has 1 N–H and O–H groups in total. The van der Waals surface area contributed by atoms with E-state index in [1.807, 2.05) is 0 Å². The zero-order valence-electron chi connectivity index (χ0n) is 9.63. The fourth-order valence-corrected chi connectivity index (χ4v) is 2.40. The first-order valence-corrected chi connectivity index (χ1v) is 6.01. The number of benzene rings is 1. The van der Waals surface area contributed by atoms with Crippen LogP contribution in [0.3, 0.4) is 0 Å². The summed E-state index contributed by atoms with van der Waals surface area (Å²) in [6, 6.07) is 9.16. The van der Waals surface area contributed by atoms with E-state index in [0.29, 0.717) is 6.04 Å². The molecule has 1 atom stereocenters. The van der Waals surface area contributed by atoms with E-state index in [-0.39, 0.29) is 0 Å². The zero-order chi connectivity index (χ0) is 11.5. The Hall–Kier alpha value is -1.90. The van der Waals surface area contributed by atoms with Gasteiger partial charge >= 0.3 is 0 Å². The topological polar surface area (TPSA) is 37.8 Å². The number of nitrogens with zero attached hydrogens (tertiary/aromatic N) is 2. The van der Waals surface area contributed by atoms with Crippen molar-refractivity contribution >= 4 is 5.82 Å². The number of hydrogen-bond donors (Lipinski definition) is 1. The third-order valence-electron chi connectivity index (χ3n) is 3.26. The van der Waals surface area contributed by atoms with Crippen molar-refractivity contribution in [2.24, 2.45) is 0 Å². The lowest BCUT2D eigenvalue weighted by atomic mass is 9.88. The molecular weight excluding hydrogens is 210 g/mol. The van der Waals surface area contributed by atoms with Gasteiger partial charge < -0.3 is 5.32 Å². The molecule has 1 aromatic carbocycles. The van der Waals surface area contributed by atoms with E-state index < -0.39 is 0 Å². The minimum absolute atomic E-state index is 0.474. The number of aromatic nitrogens is 2. The fraction of sp³-hybridized carbons (Fsp3) is 0.286. The summed E-state index contributed by atoms with van der Waals surface area (Å²) in [5.41, 5.74) is 2.95. The quantitative estimate of drug-likeness (QED) is 0.853. The summed E-state index contributed by atoms with van der Waals surface area (Å²) in [6.45, 7) is 0. The van der Waals surface area contributed by atoms with Crippen molar-refractivity contribution in [3.63, 3.8) is 0 Å². The molecule has 0 radical (unpaired) electrons. The maximum atomic E-state index is 4.26. The van der Waals surface area contributed by atoms with Crippen LogP contribution in [0.1, 0.15) is 17.5 Å². The minimum atomic E-state index is 0.474. The van der Waals surface area contributed by atoms with Gasteiger partial charge in [-0.15, -0.1) is 0 Å². The van der Waals surface area contributed by atoms with Gasteiger partial charge in [0.15, 0.2) is 0 Å². The Balaban J connectivity index is 1.72. The second-order valence-electron chi connectivity index (χ2n) is 4.44. The largest absolute Gasteiger partial charge is 0.366 e. The van der Waals surface area contributed by atoms with Crippen LogP contribution in [0.5, 0.6) is 0 Å². The molecule has 1 unspecified atom stereocenters. The monoisotopic (exact) mass is 225 g/mol. The van der Waals surface area contributed by atoms with E-state index in [9.17, 15) is 0 Å². The first-order valence-electron chi connectivity index (χ1n) is 6.01. The highest BCUT2D eigenvalue weighted by molar-refractivity contribution is 5.36. The molecule has 1 aliphatic carbocycles. The van der Waals surface area contributed by atoms with Crippen LogP contribution >= 0.6 is 0 Å². The number of aryl methyl sites for hydroxylation is 1. The van der Waals surface area contributed by atoms with Gasteiger partial charge in [0.1, 0.15) is 5.82 Å². The smallest absolute Gasteiger partial charge is 0.144 e. The molecule has 0 aliphatic heterocycles. The minimum Gasteiger partial charge on any atom is -0.366 e. The summed E-state index contributed by atoms with van der Waals surface area (Å²) in [4.78, 5) is 8.32. The molecule has 0 bridgehead atoms. The third-order valence-corrected chi connectivity index (χ3v) is 3.26. The van der Waals surface area contributed by atoms with Gasteiger partial charge in [0.25, 0.3) is 0 Å². The van der Waals surface area contributed by atoms with Crippen LogP contribution < -0.4 is 5.32 Å². The van der Waals surface area contributed by atoms with E-state index >= 15 is 0 Å². The Morgan fingerprint density at radius 3 is 2.82 bits per heavy atom. The first kappa shape index (κ1) is 10.3. The Morgan fingerprint density at radius 2 is 2.00 bits per heavy atom. The van der Waals surface area contributed by atoms with Crippen LogP contribution in [0.4, 0.5) is 5.82 Å². The van der Waals surface area contributed by atoms with Crippen LogP contribution in [0.2, 0.25) is 0 Å². The molecule has 1 aliphatic rings. The predicted molar refractivity (Wildman–Crippen MR) is 67.9 cm³/mol. The standard InChI is InChI=1S/C14H15N3/c1-2-4-12-9-13(6-5-11(12)3-1)17-14-10-15-7-8-16-14/h1-4,7-8,10,13H,5-6,9H2,(H,16,17). The number of nitrogens with one attached hydrogen (secondary N) is 1. The number of anilines is 1. The number of rotatable bonds is 2. The Morgan fingerprint density at radius 1 is 1.12 bits per heavy atom. The van der Waals surface area contributed by atoms with Crippen molar-refractivity contribution in [3.05, 3.63) is 54.0 Å². The average Bonchev–Trinajstić information content (AvgIpc) is 2.40. The van der Waals surface area contributed by atoms with Gasteiger partial charge in [-0.05, 0) is 30.4 Å². The van der Waals surface area contributed by atoms with Gasteiger partial charge in [-0.25, -0.2) is 4.98 Å². The molecule has 86 valence electrons. The molecule has 0 saturated carbocycles. The van der Waals surface area contributed by atoms with Gasteiger partial charge in [-0.2, -0.15) is 0 Å². The van der Waals surface area contributed by atoms with Gasteiger partial charge in [-0.3, -0.25) is 4.98 Å². The fourth-order valence-electron chi connectivity index (χ4n) is 2.40. The Labute approximate surface area is 101 Å². The normalized spacial score (nSPS) is 18.5. The first-order chi connectivity index (χ1) is 8.42. The molecule has 0 amide bonds.